The monoisotopic (exact) mass is 396 g/mol. The van der Waals surface area contributed by atoms with E-state index >= 15 is 0 Å². The fraction of sp³-hybridized carbons (Fsp3) is 0.750. The topological polar surface area (TPSA) is 50.2 Å². The fourth-order valence-corrected chi connectivity index (χ4v) is 6.36. The van der Waals surface area contributed by atoms with Gasteiger partial charge in [0.25, 0.3) is 0 Å². The highest BCUT2D eigenvalue weighted by Crippen LogP contribution is 2.59. The minimum absolute atomic E-state index is 0.187. The molecule has 6 rings (SSSR count). The number of anilines is 1. The second-order valence-electron chi connectivity index (χ2n) is 10.5. The van der Waals surface area contributed by atoms with Crippen molar-refractivity contribution >= 4 is 11.7 Å². The summed E-state index contributed by atoms with van der Waals surface area (Å²) in [4.78, 5) is 15.2. The van der Waals surface area contributed by atoms with Crippen LogP contribution < -0.4 is 5.32 Å². The molecule has 5 nitrogen and oxygen atoms in total. The number of hydrogen-bond acceptors (Lipinski definition) is 3. The molecule has 1 saturated heterocycles. The number of rotatable bonds is 5. The van der Waals surface area contributed by atoms with Crippen LogP contribution in [0.25, 0.3) is 0 Å². The predicted molar refractivity (Wildman–Crippen MR) is 116 cm³/mol. The van der Waals surface area contributed by atoms with E-state index in [1.165, 1.54) is 25.7 Å². The van der Waals surface area contributed by atoms with Crippen molar-refractivity contribution in [1.29, 1.82) is 0 Å². The van der Waals surface area contributed by atoms with E-state index < -0.39 is 0 Å². The Morgan fingerprint density at radius 1 is 1.21 bits per heavy atom. The summed E-state index contributed by atoms with van der Waals surface area (Å²) in [5, 5.41) is 7.74. The molecule has 4 aliphatic carbocycles. The lowest BCUT2D eigenvalue weighted by Gasteiger charge is -2.57. The Balaban J connectivity index is 1.16. The summed E-state index contributed by atoms with van der Waals surface area (Å²) in [5.74, 6) is 2.99. The molecule has 1 amide bonds. The summed E-state index contributed by atoms with van der Waals surface area (Å²) in [7, 11) is 0. The van der Waals surface area contributed by atoms with E-state index in [1.807, 2.05) is 12.3 Å². The number of allylic oxidation sites excluding steroid dienone is 1. The first-order chi connectivity index (χ1) is 14.0. The minimum Gasteiger partial charge on any atom is -0.311 e. The molecule has 2 atom stereocenters. The first kappa shape index (κ1) is 19.3. The summed E-state index contributed by atoms with van der Waals surface area (Å²) < 4.78 is 2.07. The van der Waals surface area contributed by atoms with Crippen LogP contribution in [0.5, 0.6) is 0 Å². The van der Waals surface area contributed by atoms with Crippen molar-refractivity contribution in [2.24, 2.45) is 23.2 Å². The molecule has 5 aliphatic rings. The van der Waals surface area contributed by atoms with Crippen molar-refractivity contribution < 1.29 is 4.79 Å². The van der Waals surface area contributed by atoms with Crippen LogP contribution in [-0.4, -0.2) is 40.2 Å². The van der Waals surface area contributed by atoms with Gasteiger partial charge in [-0.15, -0.1) is 0 Å². The lowest BCUT2D eigenvalue weighted by atomic mass is 9.49. The zero-order valence-corrected chi connectivity index (χ0v) is 18.1. The van der Waals surface area contributed by atoms with Crippen molar-refractivity contribution in [3.63, 3.8) is 0 Å². The Morgan fingerprint density at radius 3 is 2.66 bits per heavy atom. The molecule has 2 heterocycles. The van der Waals surface area contributed by atoms with Crippen molar-refractivity contribution in [2.45, 2.75) is 71.3 Å². The van der Waals surface area contributed by atoms with Gasteiger partial charge in [0.1, 0.15) is 5.82 Å². The third kappa shape index (κ3) is 3.56. The normalized spacial score (nSPS) is 30.1. The van der Waals surface area contributed by atoms with E-state index in [9.17, 15) is 4.79 Å². The summed E-state index contributed by atoms with van der Waals surface area (Å²) in [6.45, 7) is 8.31. The largest absolute Gasteiger partial charge is 0.311 e. The number of likely N-dealkylation sites (tertiary alicyclic amines) is 1. The summed E-state index contributed by atoms with van der Waals surface area (Å²) in [6.07, 6.45) is 13.7. The number of aromatic nitrogens is 2. The highest BCUT2D eigenvalue weighted by Gasteiger charge is 2.51. The van der Waals surface area contributed by atoms with Crippen molar-refractivity contribution in [3.8, 4) is 0 Å². The molecule has 29 heavy (non-hydrogen) atoms. The predicted octanol–water partition coefficient (Wildman–Crippen LogP) is 4.64. The molecular weight excluding hydrogens is 360 g/mol. The molecule has 0 aromatic carbocycles. The molecule has 1 aromatic heterocycles. The lowest BCUT2D eigenvalue weighted by Crippen LogP contribution is -2.50. The van der Waals surface area contributed by atoms with Gasteiger partial charge in [-0.05, 0) is 55.8 Å². The van der Waals surface area contributed by atoms with Gasteiger partial charge in [-0.1, -0.05) is 38.3 Å². The number of piperidine rings is 1. The highest BCUT2D eigenvalue weighted by atomic mass is 16.2. The van der Waals surface area contributed by atoms with Crippen LogP contribution in [-0.2, 0) is 4.79 Å². The molecule has 1 N–H and O–H groups in total. The van der Waals surface area contributed by atoms with Gasteiger partial charge >= 0.3 is 0 Å². The third-order valence-electron chi connectivity index (χ3n) is 8.54. The van der Waals surface area contributed by atoms with Crippen LogP contribution >= 0.6 is 0 Å². The zero-order valence-electron chi connectivity index (χ0n) is 18.1. The highest BCUT2D eigenvalue weighted by molar-refractivity contribution is 5.91. The number of nitrogens with zero attached hydrogens (tertiary/aromatic N) is 3. The van der Waals surface area contributed by atoms with Gasteiger partial charge in [0.2, 0.25) is 5.91 Å². The molecule has 1 aliphatic heterocycles. The van der Waals surface area contributed by atoms with Crippen LogP contribution in [0.15, 0.2) is 23.9 Å². The summed E-state index contributed by atoms with van der Waals surface area (Å²) in [6, 6.07) is 2.35. The van der Waals surface area contributed by atoms with Crippen molar-refractivity contribution in [1.82, 2.24) is 14.7 Å². The SMILES string of the molecule is CC1(C)[C@H]2CC=C(CN3CCC(n4nccc4NC(=O)C4CCCC4)CC3)[C@@H]1C2. The van der Waals surface area contributed by atoms with E-state index in [0.717, 1.165) is 63.0 Å². The second kappa shape index (κ2) is 7.57. The fourth-order valence-electron chi connectivity index (χ4n) is 6.36. The van der Waals surface area contributed by atoms with E-state index in [4.69, 9.17) is 0 Å². The molecule has 1 aromatic rings. The maximum atomic E-state index is 12.5. The van der Waals surface area contributed by atoms with Gasteiger partial charge < -0.3 is 5.32 Å². The average molecular weight is 397 g/mol. The first-order valence-electron chi connectivity index (χ1n) is 11.8. The lowest BCUT2D eigenvalue weighted by molar-refractivity contribution is -0.119. The Bertz CT molecular complexity index is 781. The Labute approximate surface area is 174 Å². The summed E-state index contributed by atoms with van der Waals surface area (Å²) >= 11 is 0. The van der Waals surface area contributed by atoms with Crippen LogP contribution in [0.3, 0.4) is 0 Å². The Kier molecular flexibility index (Phi) is 5.05. The van der Waals surface area contributed by atoms with Gasteiger partial charge in [0.15, 0.2) is 0 Å². The standard InChI is InChI=1S/C24H36N4O/c1-24(2)19-8-7-18(21(24)15-19)16-27-13-10-20(11-14-27)28-22(9-12-25-28)26-23(29)17-5-3-4-6-17/h7,9,12,17,19-21H,3-6,8,10-11,13-16H2,1-2H3,(H,26,29)/t19-,21-/m0/s1. The van der Waals surface area contributed by atoms with Crippen molar-refractivity contribution in [2.75, 3.05) is 25.0 Å². The maximum absolute atomic E-state index is 12.5. The van der Waals surface area contributed by atoms with Gasteiger partial charge in [0, 0.05) is 31.6 Å². The molecule has 0 radical (unpaired) electrons. The minimum atomic E-state index is 0.187. The molecule has 0 spiro atoms. The van der Waals surface area contributed by atoms with Crippen LogP contribution in [0.2, 0.25) is 0 Å². The number of carbonyl (C=O) groups excluding carboxylic acids is 1. The third-order valence-corrected chi connectivity index (χ3v) is 8.54. The van der Waals surface area contributed by atoms with Gasteiger partial charge in [-0.3, -0.25) is 9.69 Å². The van der Waals surface area contributed by atoms with E-state index in [0.29, 0.717) is 11.5 Å². The van der Waals surface area contributed by atoms with E-state index in [2.05, 4.69) is 39.9 Å². The molecule has 0 unspecified atom stereocenters. The number of nitrogens with one attached hydrogen (secondary N) is 1. The molecule has 5 heteroatoms. The number of carbonyl (C=O) groups is 1. The zero-order chi connectivity index (χ0) is 20.0. The van der Waals surface area contributed by atoms with Crippen LogP contribution in [0, 0.1) is 23.2 Å². The Morgan fingerprint density at radius 2 is 1.97 bits per heavy atom. The Hall–Kier alpha value is -1.62. The maximum Gasteiger partial charge on any atom is 0.228 e. The van der Waals surface area contributed by atoms with Crippen LogP contribution in [0.1, 0.15) is 71.3 Å². The smallest absolute Gasteiger partial charge is 0.228 e. The summed E-state index contributed by atoms with van der Waals surface area (Å²) in [5.41, 5.74) is 2.21. The van der Waals surface area contributed by atoms with Crippen LogP contribution in [0.4, 0.5) is 5.82 Å². The number of fused-ring (bicyclic) bond motifs is 1. The van der Waals surface area contributed by atoms with Gasteiger partial charge in [-0.25, -0.2) is 4.68 Å². The molecule has 158 valence electrons. The molecule has 2 saturated carbocycles. The molecule has 2 bridgehead atoms. The average Bonchev–Trinajstić information content (AvgIpc) is 3.41. The first-order valence-corrected chi connectivity index (χ1v) is 11.8. The van der Waals surface area contributed by atoms with Gasteiger partial charge in [0.05, 0.1) is 12.2 Å². The van der Waals surface area contributed by atoms with E-state index in [-0.39, 0.29) is 11.8 Å². The quantitative estimate of drug-likeness (QED) is 0.738. The second-order valence-corrected chi connectivity index (χ2v) is 10.5. The molecular formula is C24H36N4O. The number of hydrogen-bond donors (Lipinski definition) is 1. The van der Waals surface area contributed by atoms with E-state index in [1.54, 1.807) is 5.57 Å². The van der Waals surface area contributed by atoms with Gasteiger partial charge in [-0.2, -0.15) is 5.10 Å². The van der Waals surface area contributed by atoms with Crippen molar-refractivity contribution in [3.05, 3.63) is 23.9 Å². The molecule has 3 fully saturated rings. The number of amides is 1.